The Morgan fingerprint density at radius 2 is 1.93 bits per heavy atom. The Kier molecular flexibility index (Phi) is 4.11. The van der Waals surface area contributed by atoms with Gasteiger partial charge in [-0.3, -0.25) is 4.79 Å². The maximum Gasteiger partial charge on any atom is 0.323 e. The Morgan fingerprint density at radius 1 is 1.40 bits per heavy atom. The second-order valence-corrected chi connectivity index (χ2v) is 5.26. The minimum Gasteiger partial charge on any atom is -0.459 e. The van der Waals surface area contributed by atoms with E-state index in [2.05, 4.69) is 5.32 Å². The molecular formula is C11H23N2O2+. The Bertz CT molecular complexity index is 217. The van der Waals surface area contributed by atoms with Crippen molar-refractivity contribution in [2.24, 2.45) is 11.7 Å². The average molecular weight is 215 g/mol. The molecule has 1 aliphatic heterocycles. The molecule has 4 heteroatoms. The monoisotopic (exact) mass is 215 g/mol. The molecule has 0 spiro atoms. The molecule has 0 aromatic heterocycles. The van der Waals surface area contributed by atoms with Crippen LogP contribution in [0.3, 0.4) is 0 Å². The van der Waals surface area contributed by atoms with Gasteiger partial charge in [0.2, 0.25) is 0 Å². The van der Waals surface area contributed by atoms with E-state index in [1.807, 2.05) is 20.8 Å². The number of hydrogen-bond donors (Lipinski definition) is 2. The molecule has 1 saturated heterocycles. The van der Waals surface area contributed by atoms with Gasteiger partial charge >= 0.3 is 5.97 Å². The number of esters is 1. The highest BCUT2D eigenvalue weighted by molar-refractivity contribution is 5.76. The fourth-order valence-corrected chi connectivity index (χ4v) is 1.87. The topological polar surface area (TPSA) is 68.9 Å². The van der Waals surface area contributed by atoms with Gasteiger partial charge in [-0.05, 0) is 26.7 Å². The first kappa shape index (κ1) is 12.5. The Labute approximate surface area is 91.5 Å². The molecule has 0 aromatic carbocycles. The van der Waals surface area contributed by atoms with Crippen molar-refractivity contribution in [1.82, 2.24) is 0 Å². The summed E-state index contributed by atoms with van der Waals surface area (Å²) in [5.41, 5.74) is 5.48. The summed E-state index contributed by atoms with van der Waals surface area (Å²) in [6, 6.07) is -0.446. The summed E-state index contributed by atoms with van der Waals surface area (Å²) in [5.74, 6) is 0.0410. The molecule has 15 heavy (non-hydrogen) atoms. The number of rotatable bonds is 2. The van der Waals surface area contributed by atoms with Crippen molar-refractivity contribution < 1.29 is 14.8 Å². The van der Waals surface area contributed by atoms with E-state index >= 15 is 0 Å². The molecule has 4 nitrogen and oxygen atoms in total. The second kappa shape index (κ2) is 4.94. The van der Waals surface area contributed by atoms with Crippen molar-refractivity contribution in [3.05, 3.63) is 0 Å². The Morgan fingerprint density at radius 3 is 2.40 bits per heavy atom. The van der Waals surface area contributed by atoms with Crippen molar-refractivity contribution in [3.8, 4) is 0 Å². The zero-order valence-electron chi connectivity index (χ0n) is 9.95. The third-order valence-electron chi connectivity index (χ3n) is 2.67. The van der Waals surface area contributed by atoms with Gasteiger partial charge in [0.1, 0.15) is 11.6 Å². The number of carbonyl (C=O) groups is 1. The first-order valence-electron chi connectivity index (χ1n) is 5.70. The quantitative estimate of drug-likeness (QED) is 0.617. The van der Waals surface area contributed by atoms with Crippen molar-refractivity contribution in [2.45, 2.75) is 45.3 Å². The molecule has 0 aliphatic carbocycles. The minimum absolute atomic E-state index is 0.255. The highest BCUT2D eigenvalue weighted by atomic mass is 16.6. The molecular weight excluding hydrogens is 192 g/mol. The van der Waals surface area contributed by atoms with E-state index < -0.39 is 11.6 Å². The van der Waals surface area contributed by atoms with E-state index in [0.29, 0.717) is 5.92 Å². The molecule has 1 aliphatic rings. The lowest BCUT2D eigenvalue weighted by Crippen LogP contribution is -2.86. The molecule has 1 fully saturated rings. The van der Waals surface area contributed by atoms with Crippen molar-refractivity contribution in [1.29, 1.82) is 0 Å². The predicted molar refractivity (Wildman–Crippen MR) is 58.2 cm³/mol. The molecule has 0 saturated carbocycles. The van der Waals surface area contributed by atoms with Gasteiger partial charge in [0.15, 0.2) is 0 Å². The standard InChI is InChI=1S/C11H22N2O2/c1-11(2,3)15-10(14)9(12)8-4-6-13-7-5-8/h8-9,13H,4-7,12H2,1-3H3/p+1/t9-/m1/s1. The second-order valence-electron chi connectivity index (χ2n) is 5.26. The number of carbonyl (C=O) groups excluding carboxylic acids is 1. The Balaban J connectivity index is 2.44. The van der Waals surface area contributed by atoms with Gasteiger partial charge < -0.3 is 15.8 Å². The smallest absolute Gasteiger partial charge is 0.323 e. The van der Waals surface area contributed by atoms with Crippen LogP contribution in [0.15, 0.2) is 0 Å². The lowest BCUT2D eigenvalue weighted by atomic mass is 9.91. The van der Waals surface area contributed by atoms with E-state index in [1.54, 1.807) is 0 Å². The molecule has 0 radical (unpaired) electrons. The summed E-state index contributed by atoms with van der Waals surface area (Å²) in [6.07, 6.45) is 2.03. The third-order valence-corrected chi connectivity index (χ3v) is 2.67. The first-order valence-corrected chi connectivity index (χ1v) is 5.70. The van der Waals surface area contributed by atoms with Crippen LogP contribution in [0.25, 0.3) is 0 Å². The fraction of sp³-hybridized carbons (Fsp3) is 0.909. The molecule has 1 atom stereocenters. The van der Waals surface area contributed by atoms with Crippen molar-refractivity contribution in [3.63, 3.8) is 0 Å². The third kappa shape index (κ3) is 4.18. The molecule has 1 rings (SSSR count). The molecule has 0 unspecified atom stereocenters. The van der Waals surface area contributed by atoms with Gasteiger partial charge in [-0.1, -0.05) is 0 Å². The number of nitrogens with two attached hydrogens (primary N) is 2. The van der Waals surface area contributed by atoms with Crippen LogP contribution in [0.2, 0.25) is 0 Å². The van der Waals surface area contributed by atoms with E-state index in [1.165, 1.54) is 0 Å². The van der Waals surface area contributed by atoms with E-state index in [4.69, 9.17) is 10.5 Å². The van der Waals surface area contributed by atoms with Crippen molar-refractivity contribution >= 4 is 5.97 Å². The summed E-state index contributed by atoms with van der Waals surface area (Å²) in [4.78, 5) is 11.7. The van der Waals surface area contributed by atoms with Crippen LogP contribution in [-0.4, -0.2) is 30.7 Å². The summed E-state index contributed by atoms with van der Waals surface area (Å²) < 4.78 is 5.28. The maximum atomic E-state index is 11.7. The molecule has 0 bridgehead atoms. The van der Waals surface area contributed by atoms with Crippen LogP contribution in [-0.2, 0) is 9.53 Å². The van der Waals surface area contributed by atoms with E-state index in [0.717, 1.165) is 25.9 Å². The van der Waals surface area contributed by atoms with Crippen LogP contribution in [0.5, 0.6) is 0 Å². The van der Waals surface area contributed by atoms with E-state index in [9.17, 15) is 4.79 Å². The highest BCUT2D eigenvalue weighted by Crippen LogP contribution is 2.16. The van der Waals surface area contributed by atoms with Crippen LogP contribution in [0, 0.1) is 5.92 Å². The highest BCUT2D eigenvalue weighted by Gasteiger charge is 2.30. The Hall–Kier alpha value is -0.610. The largest absolute Gasteiger partial charge is 0.459 e. The van der Waals surface area contributed by atoms with Crippen LogP contribution in [0.4, 0.5) is 0 Å². The lowest BCUT2D eigenvalue weighted by Gasteiger charge is -2.28. The van der Waals surface area contributed by atoms with E-state index in [-0.39, 0.29) is 5.97 Å². The molecule has 4 N–H and O–H groups in total. The number of piperidine rings is 1. The summed E-state index contributed by atoms with van der Waals surface area (Å²) in [7, 11) is 0. The molecule has 88 valence electrons. The lowest BCUT2D eigenvalue weighted by molar-refractivity contribution is -0.664. The van der Waals surface area contributed by atoms with Gasteiger partial charge in [0.05, 0.1) is 13.1 Å². The molecule has 0 aromatic rings. The number of hydrogen-bond acceptors (Lipinski definition) is 3. The van der Waals surface area contributed by atoms with Gasteiger partial charge in [-0.2, -0.15) is 0 Å². The fourth-order valence-electron chi connectivity index (χ4n) is 1.87. The van der Waals surface area contributed by atoms with Gasteiger partial charge in [0.25, 0.3) is 0 Å². The van der Waals surface area contributed by atoms with Crippen molar-refractivity contribution in [2.75, 3.05) is 13.1 Å². The van der Waals surface area contributed by atoms with Gasteiger partial charge in [-0.15, -0.1) is 0 Å². The average Bonchev–Trinajstić information content (AvgIpc) is 2.15. The zero-order chi connectivity index (χ0) is 11.5. The molecule has 0 amide bonds. The first-order chi connectivity index (χ1) is 6.90. The maximum absolute atomic E-state index is 11.7. The summed E-state index contributed by atoms with van der Waals surface area (Å²) in [5, 5.41) is 2.26. The van der Waals surface area contributed by atoms with Crippen LogP contribution in [0.1, 0.15) is 33.6 Å². The van der Waals surface area contributed by atoms with Crippen LogP contribution < -0.4 is 11.1 Å². The summed E-state index contributed by atoms with van der Waals surface area (Å²) in [6.45, 7) is 7.74. The van der Waals surface area contributed by atoms with Crippen LogP contribution >= 0.6 is 0 Å². The number of ether oxygens (including phenoxy) is 1. The SMILES string of the molecule is CC(C)(C)OC(=O)[C@H](N)C1CC[NH2+]CC1. The normalized spacial score (nSPS) is 21.1. The van der Waals surface area contributed by atoms with Gasteiger partial charge in [0, 0.05) is 12.8 Å². The minimum atomic E-state index is -0.446. The summed E-state index contributed by atoms with van der Waals surface area (Å²) >= 11 is 0. The number of quaternary nitrogens is 1. The zero-order valence-corrected chi connectivity index (χ0v) is 9.95. The van der Waals surface area contributed by atoms with Gasteiger partial charge in [-0.25, -0.2) is 0 Å². The molecule has 1 heterocycles. The predicted octanol–water partition coefficient (Wildman–Crippen LogP) is -0.371.